The number of nitrogens with zero attached hydrogens (tertiary/aromatic N) is 4. The van der Waals surface area contributed by atoms with Crippen molar-refractivity contribution in [2.75, 3.05) is 6.26 Å². The molecule has 0 aromatic carbocycles. The van der Waals surface area contributed by atoms with Crippen LogP contribution in [0, 0.1) is 0 Å². The zero-order valence-electron chi connectivity index (χ0n) is 8.82. The first kappa shape index (κ1) is 10.7. The molecular formula is C9H10N4O2S. The smallest absolute Gasteiger partial charge is 0.249 e. The third-order valence-electron chi connectivity index (χ3n) is 2.09. The lowest BCUT2D eigenvalue weighted by Crippen LogP contribution is -2.06. The molecule has 16 heavy (non-hydrogen) atoms. The summed E-state index contributed by atoms with van der Waals surface area (Å²) in [7, 11) is -1.74. The Kier molecular flexibility index (Phi) is 2.47. The van der Waals surface area contributed by atoms with Gasteiger partial charge in [0.2, 0.25) is 15.0 Å². The Morgan fingerprint density at radius 1 is 1.44 bits per heavy atom. The van der Waals surface area contributed by atoms with Gasteiger partial charge >= 0.3 is 0 Å². The van der Waals surface area contributed by atoms with Gasteiger partial charge in [-0.05, 0) is 12.1 Å². The van der Waals surface area contributed by atoms with Gasteiger partial charge in [-0.25, -0.2) is 8.42 Å². The number of sulfone groups is 1. The molecule has 0 unspecified atom stereocenters. The second kappa shape index (κ2) is 3.67. The Morgan fingerprint density at radius 3 is 2.69 bits per heavy atom. The van der Waals surface area contributed by atoms with E-state index < -0.39 is 9.84 Å². The maximum Gasteiger partial charge on any atom is 0.249 e. The monoisotopic (exact) mass is 240 g/mol. The van der Waals surface area contributed by atoms with Crippen LogP contribution in [0.3, 0.4) is 0 Å². The van der Waals surface area contributed by atoms with Crippen LogP contribution in [0.1, 0.15) is 0 Å². The van der Waals surface area contributed by atoms with Crippen molar-refractivity contribution in [1.29, 1.82) is 0 Å². The van der Waals surface area contributed by atoms with Gasteiger partial charge in [0.25, 0.3) is 0 Å². The van der Waals surface area contributed by atoms with E-state index in [-0.39, 0.29) is 5.16 Å². The van der Waals surface area contributed by atoms with Crippen molar-refractivity contribution in [1.82, 2.24) is 19.7 Å². The van der Waals surface area contributed by atoms with E-state index in [1.165, 1.54) is 4.57 Å². The molecule has 2 aromatic rings. The standard InChI is InChI=1S/C9H10N4O2S/c1-13-8(7-4-3-5-10-6-7)11-12-9(13)16(2,14)15/h3-6H,1-2H3/i9+2. The molecule has 0 aliphatic rings. The van der Waals surface area contributed by atoms with Crippen LogP contribution in [-0.4, -0.2) is 34.4 Å². The molecule has 84 valence electrons. The summed E-state index contributed by atoms with van der Waals surface area (Å²) >= 11 is 0. The Morgan fingerprint density at radius 2 is 2.19 bits per heavy atom. The summed E-state index contributed by atoms with van der Waals surface area (Å²) in [4.78, 5) is 3.94. The number of aromatic nitrogens is 4. The first-order valence-electron chi connectivity index (χ1n) is 4.50. The van der Waals surface area contributed by atoms with E-state index in [0.717, 1.165) is 11.8 Å². The van der Waals surface area contributed by atoms with Gasteiger partial charge in [0, 0.05) is 31.3 Å². The highest BCUT2D eigenvalue weighted by atomic mass is 32.2. The third-order valence-corrected chi connectivity index (χ3v) is 3.11. The summed E-state index contributed by atoms with van der Waals surface area (Å²) < 4.78 is 24.2. The molecule has 6 nitrogen and oxygen atoms in total. The van der Waals surface area contributed by atoms with Crippen LogP contribution in [0.4, 0.5) is 0 Å². The summed E-state index contributed by atoms with van der Waals surface area (Å²) in [6, 6.07) is 3.55. The summed E-state index contributed by atoms with van der Waals surface area (Å²) in [5, 5.41) is 7.46. The molecule has 7 heteroatoms. The van der Waals surface area contributed by atoms with Gasteiger partial charge in [-0.1, -0.05) is 0 Å². The molecule has 2 rings (SSSR count). The molecular weight excluding hydrogens is 230 g/mol. The van der Waals surface area contributed by atoms with Crippen molar-refractivity contribution in [2.45, 2.75) is 5.16 Å². The van der Waals surface area contributed by atoms with Gasteiger partial charge in [0.15, 0.2) is 5.82 Å². The van der Waals surface area contributed by atoms with E-state index >= 15 is 0 Å². The van der Waals surface area contributed by atoms with Crippen molar-refractivity contribution in [3.8, 4) is 11.4 Å². The minimum Gasteiger partial charge on any atom is -0.301 e. The Balaban J connectivity index is 2.59. The first-order valence-corrected chi connectivity index (χ1v) is 6.39. The molecule has 0 aliphatic carbocycles. The normalized spacial score (nSPS) is 11.6. The van der Waals surface area contributed by atoms with E-state index in [4.69, 9.17) is 0 Å². The number of hydrogen-bond acceptors (Lipinski definition) is 5. The van der Waals surface area contributed by atoms with Crippen LogP contribution in [0.2, 0.25) is 0 Å². The molecule has 0 saturated carbocycles. The maximum atomic E-state index is 11.4. The summed E-state index contributed by atoms with van der Waals surface area (Å²) in [6.07, 6.45) is 4.34. The van der Waals surface area contributed by atoms with Crippen LogP contribution < -0.4 is 0 Å². The molecule has 0 radical (unpaired) electrons. The second-order valence-corrected chi connectivity index (χ2v) is 5.29. The second-order valence-electron chi connectivity index (χ2n) is 3.38. The third kappa shape index (κ3) is 1.81. The van der Waals surface area contributed by atoms with Gasteiger partial charge < -0.3 is 4.57 Å². The summed E-state index contributed by atoms with van der Waals surface area (Å²) in [6.45, 7) is 0. The topological polar surface area (TPSA) is 77.7 Å². The molecule has 2 heterocycles. The Labute approximate surface area is 92.9 Å². The number of hydrogen-bond donors (Lipinski definition) is 0. The van der Waals surface area contributed by atoms with E-state index in [9.17, 15) is 8.42 Å². The van der Waals surface area contributed by atoms with Gasteiger partial charge in [-0.2, -0.15) is 0 Å². The molecule has 0 atom stereocenters. The average molecular weight is 240 g/mol. The predicted molar refractivity (Wildman–Crippen MR) is 57.3 cm³/mol. The summed E-state index contributed by atoms with van der Waals surface area (Å²) in [5.74, 6) is 0.480. The van der Waals surface area contributed by atoms with Gasteiger partial charge in [0.05, 0.1) is 0 Å². The molecule has 0 N–H and O–H groups in total. The fourth-order valence-electron chi connectivity index (χ4n) is 1.38. The maximum absolute atomic E-state index is 11.4. The van der Waals surface area contributed by atoms with Crippen LogP contribution in [0.15, 0.2) is 29.7 Å². The molecule has 0 bridgehead atoms. The fraction of sp³-hybridized carbons (Fsp3) is 0.222. The van der Waals surface area contributed by atoms with Crippen molar-refractivity contribution in [3.63, 3.8) is 0 Å². The van der Waals surface area contributed by atoms with Crippen LogP contribution >= 0.6 is 0 Å². The number of pyridine rings is 1. The van der Waals surface area contributed by atoms with E-state index in [2.05, 4.69) is 15.2 Å². The lowest BCUT2D eigenvalue weighted by atomic mass is 10.3. The van der Waals surface area contributed by atoms with E-state index in [1.54, 1.807) is 31.6 Å². The molecule has 0 spiro atoms. The number of rotatable bonds is 2. The van der Waals surface area contributed by atoms with E-state index in [0.29, 0.717) is 5.82 Å². The van der Waals surface area contributed by atoms with Crippen LogP contribution in [-0.2, 0) is 16.9 Å². The molecule has 0 fully saturated rings. The predicted octanol–water partition coefficient (Wildman–Crippen LogP) is 0.281. The van der Waals surface area contributed by atoms with Crippen LogP contribution in [0.25, 0.3) is 11.4 Å². The average Bonchev–Trinajstić information content (AvgIpc) is 2.61. The largest absolute Gasteiger partial charge is 0.301 e. The highest BCUT2D eigenvalue weighted by molar-refractivity contribution is 7.90. The lowest BCUT2D eigenvalue weighted by Gasteiger charge is -2.01. The van der Waals surface area contributed by atoms with Gasteiger partial charge in [-0.3, -0.25) is 4.98 Å². The lowest BCUT2D eigenvalue weighted by molar-refractivity contribution is 0.584. The SMILES string of the molecule is Cn1c(-c2cccnc2)nn[14c]1S(C)(=O)=O. The van der Waals surface area contributed by atoms with Crippen molar-refractivity contribution in [2.24, 2.45) is 7.05 Å². The van der Waals surface area contributed by atoms with Crippen molar-refractivity contribution < 1.29 is 8.42 Å². The minimum atomic E-state index is -3.35. The van der Waals surface area contributed by atoms with E-state index in [1.807, 2.05) is 0 Å². The quantitative estimate of drug-likeness (QED) is 0.753. The Hall–Kier alpha value is -1.76. The van der Waals surface area contributed by atoms with Crippen molar-refractivity contribution in [3.05, 3.63) is 24.5 Å². The minimum absolute atomic E-state index is 0.0497. The van der Waals surface area contributed by atoms with Gasteiger partial charge in [-0.15, -0.1) is 10.2 Å². The zero-order chi connectivity index (χ0) is 11.8. The first-order chi connectivity index (χ1) is 7.50. The molecule has 2 aromatic heterocycles. The highest BCUT2D eigenvalue weighted by Gasteiger charge is 2.18. The summed E-state index contributed by atoms with van der Waals surface area (Å²) in [5.41, 5.74) is 0.729. The van der Waals surface area contributed by atoms with Crippen molar-refractivity contribution >= 4 is 9.84 Å². The molecule has 0 aliphatic heterocycles. The fourth-order valence-corrected chi connectivity index (χ4v) is 2.16. The highest BCUT2D eigenvalue weighted by Crippen LogP contribution is 2.17. The Bertz CT molecular complexity index is 604. The van der Waals surface area contributed by atoms with Crippen LogP contribution in [0.5, 0.6) is 0 Å². The zero-order valence-corrected chi connectivity index (χ0v) is 9.64. The molecule has 0 saturated heterocycles. The van der Waals surface area contributed by atoms with Gasteiger partial charge in [0.1, 0.15) is 0 Å². The molecule has 0 amide bonds.